The van der Waals surface area contributed by atoms with E-state index in [4.69, 9.17) is 5.26 Å². The van der Waals surface area contributed by atoms with E-state index in [0.717, 1.165) is 5.56 Å². The fourth-order valence-corrected chi connectivity index (χ4v) is 2.96. The van der Waals surface area contributed by atoms with Gasteiger partial charge in [-0.2, -0.15) is 5.26 Å². The summed E-state index contributed by atoms with van der Waals surface area (Å²) in [5.41, 5.74) is 2.62. The molecule has 0 unspecified atom stereocenters. The number of thiazole rings is 1. The minimum Gasteiger partial charge on any atom is -0.298 e. The number of hydrogen-bond acceptors (Lipinski definition) is 6. The lowest BCUT2D eigenvalue weighted by molar-refractivity contribution is -0.384. The van der Waals surface area contributed by atoms with Gasteiger partial charge in [0.2, 0.25) is 5.91 Å². The van der Waals surface area contributed by atoms with Crippen LogP contribution in [0.2, 0.25) is 0 Å². The molecule has 0 fully saturated rings. The highest BCUT2D eigenvalue weighted by Gasteiger charge is 2.07. The molecule has 8 heteroatoms. The van der Waals surface area contributed by atoms with Gasteiger partial charge in [-0.25, -0.2) is 4.98 Å². The standard InChI is InChI=1S/C19H12N4O3S/c20-11-14-4-7-15(8-5-14)17-12-27-19(21-17)22-18(24)9-6-13-2-1-3-16(10-13)23(25)26/h1-10,12H,(H,21,22,24)/b9-6+. The summed E-state index contributed by atoms with van der Waals surface area (Å²) in [4.78, 5) is 26.7. The molecule has 132 valence electrons. The molecule has 1 N–H and O–H groups in total. The van der Waals surface area contributed by atoms with Crippen LogP contribution in [0.4, 0.5) is 10.8 Å². The third-order valence-corrected chi connectivity index (χ3v) is 4.31. The smallest absolute Gasteiger partial charge is 0.270 e. The van der Waals surface area contributed by atoms with Crippen molar-refractivity contribution in [1.29, 1.82) is 5.26 Å². The lowest BCUT2D eigenvalue weighted by Crippen LogP contribution is -2.07. The van der Waals surface area contributed by atoms with Crippen molar-refractivity contribution < 1.29 is 9.72 Å². The SMILES string of the molecule is N#Cc1ccc(-c2csc(NC(=O)/C=C/c3cccc([N+](=O)[O-])c3)n2)cc1. The topological polar surface area (TPSA) is 109 Å². The van der Waals surface area contributed by atoms with Gasteiger partial charge in [-0.05, 0) is 23.8 Å². The number of amides is 1. The molecule has 0 saturated carbocycles. The summed E-state index contributed by atoms with van der Waals surface area (Å²) in [6.07, 6.45) is 2.79. The van der Waals surface area contributed by atoms with Gasteiger partial charge in [-0.3, -0.25) is 20.2 Å². The van der Waals surface area contributed by atoms with Gasteiger partial charge in [0.1, 0.15) is 0 Å². The molecule has 1 heterocycles. The van der Waals surface area contributed by atoms with Crippen LogP contribution in [0.5, 0.6) is 0 Å². The number of carbonyl (C=O) groups excluding carboxylic acids is 1. The van der Waals surface area contributed by atoms with Crippen LogP contribution in [0.3, 0.4) is 0 Å². The molecule has 27 heavy (non-hydrogen) atoms. The summed E-state index contributed by atoms with van der Waals surface area (Å²) >= 11 is 1.28. The fraction of sp³-hybridized carbons (Fsp3) is 0. The summed E-state index contributed by atoms with van der Waals surface area (Å²) in [7, 11) is 0. The molecule has 0 radical (unpaired) electrons. The summed E-state index contributed by atoms with van der Waals surface area (Å²) < 4.78 is 0. The molecule has 0 spiro atoms. The van der Waals surface area contributed by atoms with Crippen LogP contribution in [-0.4, -0.2) is 15.8 Å². The minimum atomic E-state index is -0.488. The maximum atomic E-state index is 12.0. The van der Waals surface area contributed by atoms with Gasteiger partial charge >= 0.3 is 0 Å². The van der Waals surface area contributed by atoms with Crippen molar-refractivity contribution in [2.45, 2.75) is 0 Å². The third kappa shape index (κ3) is 4.62. The minimum absolute atomic E-state index is 0.0375. The van der Waals surface area contributed by atoms with Crippen LogP contribution >= 0.6 is 11.3 Å². The number of aromatic nitrogens is 1. The van der Waals surface area contributed by atoms with Crippen molar-refractivity contribution in [2.24, 2.45) is 0 Å². The van der Waals surface area contributed by atoms with Gasteiger partial charge in [0.25, 0.3) is 5.69 Å². The highest BCUT2D eigenvalue weighted by molar-refractivity contribution is 7.14. The van der Waals surface area contributed by atoms with Crippen molar-refractivity contribution in [3.8, 4) is 17.3 Å². The highest BCUT2D eigenvalue weighted by Crippen LogP contribution is 2.25. The Hall–Kier alpha value is -3.83. The predicted molar refractivity (Wildman–Crippen MR) is 103 cm³/mol. The average Bonchev–Trinajstić information content (AvgIpc) is 3.15. The quantitative estimate of drug-likeness (QED) is 0.407. The normalized spacial score (nSPS) is 10.5. The second-order valence-corrected chi connectivity index (χ2v) is 6.26. The Labute approximate surface area is 158 Å². The van der Waals surface area contributed by atoms with E-state index in [1.807, 2.05) is 0 Å². The Morgan fingerprint density at radius 2 is 2.04 bits per heavy atom. The number of carbonyl (C=O) groups is 1. The first-order valence-corrected chi connectivity index (χ1v) is 8.63. The van der Waals surface area contributed by atoms with Gasteiger partial charge in [0.05, 0.1) is 22.2 Å². The molecule has 2 aromatic carbocycles. The second kappa shape index (κ2) is 8.03. The lowest BCUT2D eigenvalue weighted by atomic mass is 10.1. The van der Waals surface area contributed by atoms with E-state index >= 15 is 0 Å². The third-order valence-electron chi connectivity index (χ3n) is 3.55. The van der Waals surface area contributed by atoms with Gasteiger partial charge in [-0.1, -0.05) is 24.3 Å². The Morgan fingerprint density at radius 3 is 2.74 bits per heavy atom. The zero-order valence-electron chi connectivity index (χ0n) is 13.8. The van der Waals surface area contributed by atoms with E-state index in [1.165, 1.54) is 35.6 Å². The Kier molecular flexibility index (Phi) is 5.35. The molecule has 0 aliphatic heterocycles. The molecular weight excluding hydrogens is 364 g/mol. The number of nitrogens with one attached hydrogen (secondary N) is 1. The number of anilines is 1. The summed E-state index contributed by atoms with van der Waals surface area (Å²) in [6, 6.07) is 15.0. The molecule has 1 aromatic heterocycles. The monoisotopic (exact) mass is 376 g/mol. The molecule has 1 amide bonds. The number of nitro groups is 1. The molecule has 3 aromatic rings. The molecule has 0 bridgehead atoms. The van der Waals surface area contributed by atoms with E-state index < -0.39 is 4.92 Å². The predicted octanol–water partition coefficient (Wildman–Crippen LogP) is 4.24. The van der Waals surface area contributed by atoms with Crippen LogP contribution in [0.15, 0.2) is 60.0 Å². The van der Waals surface area contributed by atoms with E-state index in [2.05, 4.69) is 16.4 Å². The van der Waals surface area contributed by atoms with Gasteiger partial charge < -0.3 is 0 Å². The summed E-state index contributed by atoms with van der Waals surface area (Å²) in [5.74, 6) is -0.387. The Morgan fingerprint density at radius 1 is 1.26 bits per heavy atom. The van der Waals surface area contributed by atoms with Crippen molar-refractivity contribution in [2.75, 3.05) is 5.32 Å². The Balaban J connectivity index is 1.66. The molecule has 0 atom stereocenters. The maximum Gasteiger partial charge on any atom is 0.270 e. The molecule has 7 nitrogen and oxygen atoms in total. The van der Waals surface area contributed by atoms with E-state index in [-0.39, 0.29) is 11.6 Å². The highest BCUT2D eigenvalue weighted by atomic mass is 32.1. The van der Waals surface area contributed by atoms with E-state index in [0.29, 0.717) is 22.0 Å². The summed E-state index contributed by atoms with van der Waals surface area (Å²) in [5, 5.41) is 24.5. The number of rotatable bonds is 5. The molecule has 0 saturated heterocycles. The molecular formula is C19H12N4O3S. The molecule has 0 aliphatic rings. The zero-order chi connectivity index (χ0) is 19.2. The number of benzene rings is 2. The number of hydrogen-bond donors (Lipinski definition) is 1. The number of nitro benzene ring substituents is 1. The van der Waals surface area contributed by atoms with Crippen LogP contribution in [0.25, 0.3) is 17.3 Å². The van der Waals surface area contributed by atoms with E-state index in [1.54, 1.807) is 41.8 Å². The molecule has 3 rings (SSSR count). The van der Waals surface area contributed by atoms with Gasteiger partial charge in [-0.15, -0.1) is 11.3 Å². The number of nitrogens with zero attached hydrogens (tertiary/aromatic N) is 3. The maximum absolute atomic E-state index is 12.0. The average molecular weight is 376 g/mol. The van der Waals surface area contributed by atoms with Crippen LogP contribution < -0.4 is 5.32 Å². The van der Waals surface area contributed by atoms with Crippen molar-refractivity contribution in [3.63, 3.8) is 0 Å². The van der Waals surface area contributed by atoms with Crippen molar-refractivity contribution in [1.82, 2.24) is 4.98 Å². The largest absolute Gasteiger partial charge is 0.298 e. The van der Waals surface area contributed by atoms with Crippen LogP contribution in [0, 0.1) is 21.4 Å². The van der Waals surface area contributed by atoms with Crippen molar-refractivity contribution >= 4 is 34.1 Å². The molecule has 0 aliphatic carbocycles. The van der Waals surface area contributed by atoms with Crippen molar-refractivity contribution in [3.05, 3.63) is 81.2 Å². The first kappa shape index (κ1) is 18.0. The first-order valence-electron chi connectivity index (χ1n) is 7.75. The Bertz CT molecular complexity index is 1070. The van der Waals surface area contributed by atoms with Gasteiger partial charge in [0, 0.05) is 29.2 Å². The number of non-ortho nitro benzene ring substituents is 1. The summed E-state index contributed by atoms with van der Waals surface area (Å²) in [6.45, 7) is 0. The van der Waals surface area contributed by atoms with E-state index in [9.17, 15) is 14.9 Å². The van der Waals surface area contributed by atoms with Crippen LogP contribution in [-0.2, 0) is 4.79 Å². The second-order valence-electron chi connectivity index (χ2n) is 5.40. The van der Waals surface area contributed by atoms with Crippen LogP contribution in [0.1, 0.15) is 11.1 Å². The first-order chi connectivity index (χ1) is 13.0. The lowest BCUT2D eigenvalue weighted by Gasteiger charge is -1.98. The fourth-order valence-electron chi connectivity index (χ4n) is 2.24. The zero-order valence-corrected chi connectivity index (χ0v) is 14.6. The number of nitriles is 1. The van der Waals surface area contributed by atoms with Gasteiger partial charge in [0.15, 0.2) is 5.13 Å².